The van der Waals surface area contributed by atoms with Crippen LogP contribution in [0, 0.1) is 13.8 Å². The van der Waals surface area contributed by atoms with Crippen LogP contribution in [0.2, 0.25) is 0 Å². The smallest absolute Gasteiger partial charge is 0.254 e. The molecule has 2 aromatic heterocycles. The molecular weight excluding hydrogens is 406 g/mol. The molecule has 1 aliphatic heterocycles. The maximum absolute atomic E-state index is 13.5. The van der Waals surface area contributed by atoms with Crippen molar-refractivity contribution in [1.29, 1.82) is 0 Å². The van der Waals surface area contributed by atoms with Crippen LogP contribution in [0.25, 0.3) is 5.95 Å². The number of halogens is 2. The molecule has 2 fully saturated rings. The van der Waals surface area contributed by atoms with E-state index >= 15 is 0 Å². The molecule has 0 bridgehead atoms. The van der Waals surface area contributed by atoms with E-state index < -0.39 is 17.9 Å². The Morgan fingerprint density at radius 3 is 2.65 bits per heavy atom. The average molecular weight is 434 g/mol. The second-order valence-electron chi connectivity index (χ2n) is 8.38. The van der Waals surface area contributed by atoms with Crippen molar-refractivity contribution in [3.8, 4) is 5.95 Å². The number of primary amides is 1. The summed E-state index contributed by atoms with van der Waals surface area (Å²) in [5.41, 5.74) is 7.20. The third-order valence-electron chi connectivity index (χ3n) is 5.81. The van der Waals surface area contributed by atoms with Crippen molar-refractivity contribution in [3.05, 3.63) is 23.5 Å². The normalized spacial score (nSPS) is 21.8. The van der Waals surface area contributed by atoms with E-state index in [1.165, 1.54) is 0 Å². The minimum Gasteiger partial charge on any atom is -0.368 e. The van der Waals surface area contributed by atoms with Crippen LogP contribution in [-0.4, -0.2) is 63.3 Å². The number of carbonyl (C=O) groups excluding carboxylic acids is 1. The van der Waals surface area contributed by atoms with Crippen molar-refractivity contribution >= 4 is 17.5 Å². The first-order valence-electron chi connectivity index (χ1n) is 10.5. The number of nitrogens with zero attached hydrogens (tertiary/aromatic N) is 5. The Morgan fingerprint density at radius 1 is 1.26 bits per heavy atom. The molecule has 1 unspecified atom stereocenters. The quantitative estimate of drug-likeness (QED) is 0.654. The van der Waals surface area contributed by atoms with Gasteiger partial charge in [-0.05, 0) is 32.8 Å². The van der Waals surface area contributed by atoms with E-state index in [0.29, 0.717) is 50.1 Å². The van der Waals surface area contributed by atoms with Gasteiger partial charge in [-0.3, -0.25) is 4.79 Å². The third-order valence-corrected chi connectivity index (χ3v) is 5.81. The van der Waals surface area contributed by atoms with Crippen LogP contribution in [0.3, 0.4) is 0 Å². The summed E-state index contributed by atoms with van der Waals surface area (Å²) in [5.74, 6) is -1.43. The molecule has 168 valence electrons. The molecule has 4 rings (SSSR count). The highest BCUT2D eigenvalue weighted by Gasteiger charge is 2.35. The maximum Gasteiger partial charge on any atom is 0.254 e. The van der Waals surface area contributed by atoms with E-state index in [1.807, 2.05) is 24.8 Å². The van der Waals surface area contributed by atoms with Gasteiger partial charge < -0.3 is 21.3 Å². The summed E-state index contributed by atoms with van der Waals surface area (Å²) in [7, 11) is 0. The molecule has 2 aromatic rings. The van der Waals surface area contributed by atoms with Gasteiger partial charge in [0.1, 0.15) is 17.7 Å². The van der Waals surface area contributed by atoms with Crippen LogP contribution in [0.15, 0.2) is 12.1 Å². The molecule has 3 heterocycles. The Hall–Kier alpha value is -2.82. The number of hydrogen-bond donors (Lipinski definition) is 3. The van der Waals surface area contributed by atoms with E-state index in [9.17, 15) is 13.6 Å². The van der Waals surface area contributed by atoms with Gasteiger partial charge in [0.25, 0.3) is 5.95 Å². The summed E-state index contributed by atoms with van der Waals surface area (Å²) >= 11 is 0. The maximum atomic E-state index is 13.5. The molecule has 0 radical (unpaired) electrons. The highest BCUT2D eigenvalue weighted by molar-refractivity contribution is 5.81. The molecule has 2 aliphatic rings. The molecule has 1 amide bonds. The van der Waals surface area contributed by atoms with Gasteiger partial charge in [-0.1, -0.05) is 0 Å². The lowest BCUT2D eigenvalue weighted by Crippen LogP contribution is -2.56. The van der Waals surface area contributed by atoms with E-state index in [2.05, 4.69) is 25.7 Å². The number of aromatic nitrogens is 4. The average Bonchev–Trinajstić information content (AvgIpc) is 3.07. The van der Waals surface area contributed by atoms with Gasteiger partial charge in [-0.2, -0.15) is 15.1 Å². The Labute approximate surface area is 179 Å². The molecule has 0 aromatic carbocycles. The van der Waals surface area contributed by atoms with E-state index in [-0.39, 0.29) is 18.9 Å². The standard InChI is InChI=1S/C20H28F2N8O/c1-12-9-13(2)30(28-12)19-26-16(25-14-3-5-20(21,22)6-4-14)10-17(27-19)29-8-7-24-15(11-29)18(23)31/h9-10,14-15,24H,3-8,11H2,1-2H3,(H2,23,31)(H,25,26,27). The molecular formula is C20H28F2N8O. The summed E-state index contributed by atoms with van der Waals surface area (Å²) in [6, 6.07) is 3.17. The fraction of sp³-hybridized carbons (Fsp3) is 0.600. The van der Waals surface area contributed by atoms with Gasteiger partial charge in [0.2, 0.25) is 11.8 Å². The van der Waals surface area contributed by atoms with Crippen LogP contribution in [-0.2, 0) is 4.79 Å². The third kappa shape index (κ3) is 4.92. The summed E-state index contributed by atoms with van der Waals surface area (Å²) in [5, 5.41) is 10.9. The van der Waals surface area contributed by atoms with Crippen LogP contribution >= 0.6 is 0 Å². The summed E-state index contributed by atoms with van der Waals surface area (Å²) in [6.07, 6.45) is 0.480. The summed E-state index contributed by atoms with van der Waals surface area (Å²) in [6.45, 7) is 5.43. The van der Waals surface area contributed by atoms with Crippen molar-refractivity contribution < 1.29 is 13.6 Å². The van der Waals surface area contributed by atoms with Gasteiger partial charge in [-0.25, -0.2) is 13.5 Å². The van der Waals surface area contributed by atoms with Crippen molar-refractivity contribution in [2.24, 2.45) is 5.73 Å². The first kappa shape index (κ1) is 21.4. The summed E-state index contributed by atoms with van der Waals surface area (Å²) < 4.78 is 28.7. The molecule has 1 saturated carbocycles. The predicted molar refractivity (Wildman–Crippen MR) is 113 cm³/mol. The molecule has 1 saturated heterocycles. The number of aryl methyl sites for hydroxylation is 2. The van der Waals surface area contributed by atoms with Gasteiger partial charge in [0.05, 0.1) is 5.69 Å². The molecule has 4 N–H and O–H groups in total. The number of piperazine rings is 1. The monoisotopic (exact) mass is 434 g/mol. The predicted octanol–water partition coefficient (Wildman–Crippen LogP) is 1.53. The molecule has 0 spiro atoms. The molecule has 1 atom stereocenters. The zero-order valence-corrected chi connectivity index (χ0v) is 17.7. The van der Waals surface area contributed by atoms with Crippen LogP contribution in [0.4, 0.5) is 20.4 Å². The van der Waals surface area contributed by atoms with Crippen molar-refractivity contribution in [1.82, 2.24) is 25.1 Å². The molecule has 31 heavy (non-hydrogen) atoms. The number of amides is 1. The Bertz CT molecular complexity index is 953. The SMILES string of the molecule is Cc1cc(C)n(-c2nc(NC3CCC(F)(F)CC3)cc(N3CCNC(C(N)=O)C3)n2)n1. The van der Waals surface area contributed by atoms with Crippen molar-refractivity contribution in [2.75, 3.05) is 29.9 Å². The highest BCUT2D eigenvalue weighted by atomic mass is 19.3. The van der Waals surface area contributed by atoms with Crippen molar-refractivity contribution in [3.63, 3.8) is 0 Å². The fourth-order valence-corrected chi connectivity index (χ4v) is 4.13. The number of alkyl halides is 2. The number of nitrogens with two attached hydrogens (primary N) is 1. The topological polar surface area (TPSA) is 114 Å². The first-order chi connectivity index (χ1) is 14.7. The number of anilines is 2. The Balaban J connectivity index is 1.64. The molecule has 1 aliphatic carbocycles. The lowest BCUT2D eigenvalue weighted by atomic mass is 9.92. The second kappa shape index (κ2) is 8.37. The number of carbonyl (C=O) groups is 1. The Kier molecular flexibility index (Phi) is 5.78. The van der Waals surface area contributed by atoms with E-state index in [4.69, 9.17) is 5.73 Å². The molecule has 9 nitrogen and oxygen atoms in total. The lowest BCUT2D eigenvalue weighted by Gasteiger charge is -2.33. The second-order valence-corrected chi connectivity index (χ2v) is 8.38. The highest BCUT2D eigenvalue weighted by Crippen LogP contribution is 2.34. The van der Waals surface area contributed by atoms with Gasteiger partial charge in [-0.15, -0.1) is 0 Å². The Morgan fingerprint density at radius 2 is 2.00 bits per heavy atom. The summed E-state index contributed by atoms with van der Waals surface area (Å²) in [4.78, 5) is 22.9. The van der Waals surface area contributed by atoms with E-state index in [1.54, 1.807) is 10.7 Å². The van der Waals surface area contributed by atoms with Crippen LogP contribution < -0.4 is 21.3 Å². The minimum atomic E-state index is -2.59. The van der Waals surface area contributed by atoms with Gasteiger partial charge >= 0.3 is 0 Å². The number of nitrogens with one attached hydrogen (secondary N) is 2. The number of rotatable bonds is 5. The zero-order chi connectivity index (χ0) is 22.2. The zero-order valence-electron chi connectivity index (χ0n) is 17.7. The number of hydrogen-bond acceptors (Lipinski definition) is 7. The first-order valence-corrected chi connectivity index (χ1v) is 10.5. The fourth-order valence-electron chi connectivity index (χ4n) is 4.13. The van der Waals surface area contributed by atoms with Crippen molar-refractivity contribution in [2.45, 2.75) is 57.5 Å². The van der Waals surface area contributed by atoms with Crippen LogP contribution in [0.1, 0.15) is 37.1 Å². The van der Waals surface area contributed by atoms with Gasteiger partial charge in [0.15, 0.2) is 0 Å². The largest absolute Gasteiger partial charge is 0.368 e. The van der Waals surface area contributed by atoms with E-state index in [0.717, 1.165) is 11.4 Å². The van der Waals surface area contributed by atoms with Gasteiger partial charge in [0, 0.05) is 50.3 Å². The van der Waals surface area contributed by atoms with Crippen LogP contribution in [0.5, 0.6) is 0 Å². The molecule has 11 heteroatoms. The minimum absolute atomic E-state index is 0.0860. The lowest BCUT2D eigenvalue weighted by molar-refractivity contribution is -0.120.